The molecule has 0 saturated carbocycles. The molecule has 0 spiro atoms. The summed E-state index contributed by atoms with van der Waals surface area (Å²) in [6.45, 7) is 6.33. The number of azo groups is 1. The minimum Gasteiger partial charge on any atom is -0.492 e. The minimum absolute atomic E-state index is 0.318. The SMILES string of the molecule is CCc1nnc2c(N=Nc3sncc3OC)c([C@H](C)CC)[nH]n12. The van der Waals surface area contributed by atoms with Crippen molar-refractivity contribution in [2.45, 2.75) is 39.5 Å². The van der Waals surface area contributed by atoms with E-state index in [-0.39, 0.29) is 0 Å². The normalized spacial score (nSPS) is 13.2. The van der Waals surface area contributed by atoms with Crippen molar-refractivity contribution >= 4 is 27.9 Å². The summed E-state index contributed by atoms with van der Waals surface area (Å²) in [6, 6.07) is 0. The second-order valence-electron chi connectivity index (χ2n) is 5.21. The molecule has 0 unspecified atom stereocenters. The largest absolute Gasteiger partial charge is 0.492 e. The Kier molecular flexibility index (Phi) is 4.37. The number of hydrogen-bond donors (Lipinski definition) is 1. The van der Waals surface area contributed by atoms with Crippen molar-refractivity contribution in [2.24, 2.45) is 10.2 Å². The summed E-state index contributed by atoms with van der Waals surface area (Å²) < 4.78 is 11.2. The van der Waals surface area contributed by atoms with Crippen LogP contribution in [0.1, 0.15) is 44.6 Å². The van der Waals surface area contributed by atoms with Crippen molar-refractivity contribution in [1.82, 2.24) is 24.2 Å². The van der Waals surface area contributed by atoms with Gasteiger partial charge in [0.15, 0.2) is 17.3 Å². The molecule has 1 N–H and O–H groups in total. The Balaban J connectivity index is 2.09. The van der Waals surface area contributed by atoms with Crippen LogP contribution in [-0.2, 0) is 6.42 Å². The van der Waals surface area contributed by atoms with Gasteiger partial charge in [-0.15, -0.1) is 20.4 Å². The van der Waals surface area contributed by atoms with Gasteiger partial charge in [-0.2, -0.15) is 4.37 Å². The van der Waals surface area contributed by atoms with E-state index in [4.69, 9.17) is 4.74 Å². The van der Waals surface area contributed by atoms with Gasteiger partial charge in [0.2, 0.25) is 10.6 Å². The van der Waals surface area contributed by atoms with Crippen LogP contribution in [0.4, 0.5) is 10.7 Å². The fourth-order valence-electron chi connectivity index (χ4n) is 2.28. The second kappa shape index (κ2) is 6.45. The van der Waals surface area contributed by atoms with Crippen LogP contribution in [0.25, 0.3) is 5.65 Å². The summed E-state index contributed by atoms with van der Waals surface area (Å²) in [6.07, 6.45) is 3.42. The van der Waals surface area contributed by atoms with Crippen molar-refractivity contribution in [3.05, 3.63) is 17.7 Å². The van der Waals surface area contributed by atoms with Crippen LogP contribution >= 0.6 is 11.5 Å². The predicted octanol–water partition coefficient (Wildman–Crippen LogP) is 4.01. The monoisotopic (exact) mass is 333 g/mol. The summed E-state index contributed by atoms with van der Waals surface area (Å²) in [5, 5.41) is 21.2. The van der Waals surface area contributed by atoms with E-state index < -0.39 is 0 Å². The van der Waals surface area contributed by atoms with Crippen LogP contribution < -0.4 is 4.74 Å². The zero-order chi connectivity index (χ0) is 16.4. The third-order valence-electron chi connectivity index (χ3n) is 3.83. The maximum absolute atomic E-state index is 5.22. The number of aromatic nitrogens is 5. The molecule has 3 rings (SSSR count). The lowest BCUT2D eigenvalue weighted by molar-refractivity contribution is 0.416. The number of H-pyrrole nitrogens is 1. The molecular formula is C14H19N7OS. The van der Waals surface area contributed by atoms with Crippen LogP contribution in [0.5, 0.6) is 5.75 Å². The van der Waals surface area contributed by atoms with Gasteiger partial charge in [0.25, 0.3) is 0 Å². The van der Waals surface area contributed by atoms with E-state index in [2.05, 4.69) is 43.7 Å². The molecule has 9 heteroatoms. The highest BCUT2D eigenvalue weighted by molar-refractivity contribution is 7.10. The fraction of sp³-hybridized carbons (Fsp3) is 0.500. The first-order valence-corrected chi connectivity index (χ1v) is 8.33. The van der Waals surface area contributed by atoms with Crippen LogP contribution in [0, 0.1) is 0 Å². The third kappa shape index (κ3) is 2.72. The van der Waals surface area contributed by atoms with Crippen molar-refractivity contribution in [2.75, 3.05) is 7.11 Å². The minimum atomic E-state index is 0.318. The van der Waals surface area contributed by atoms with E-state index in [1.54, 1.807) is 13.3 Å². The molecule has 0 bridgehead atoms. The van der Waals surface area contributed by atoms with E-state index in [1.807, 2.05) is 11.4 Å². The topological polar surface area (TPSA) is 92.8 Å². The highest BCUT2D eigenvalue weighted by atomic mass is 32.1. The zero-order valence-electron chi connectivity index (χ0n) is 13.6. The van der Waals surface area contributed by atoms with Gasteiger partial charge in [0, 0.05) is 6.42 Å². The summed E-state index contributed by atoms with van der Waals surface area (Å²) in [7, 11) is 1.59. The molecule has 3 aromatic heterocycles. The van der Waals surface area contributed by atoms with Crippen LogP contribution in [-0.4, -0.2) is 31.3 Å². The number of nitrogens with one attached hydrogen (secondary N) is 1. The van der Waals surface area contributed by atoms with Crippen LogP contribution in [0.3, 0.4) is 0 Å². The van der Waals surface area contributed by atoms with E-state index in [0.29, 0.717) is 22.3 Å². The number of fused-ring (bicyclic) bond motifs is 1. The van der Waals surface area contributed by atoms with Crippen LogP contribution in [0.2, 0.25) is 0 Å². The number of aryl methyl sites for hydroxylation is 1. The number of rotatable bonds is 6. The van der Waals surface area contributed by atoms with Crippen molar-refractivity contribution in [3.8, 4) is 5.75 Å². The van der Waals surface area contributed by atoms with E-state index in [9.17, 15) is 0 Å². The maximum atomic E-state index is 5.22. The quantitative estimate of drug-likeness (QED) is 0.690. The van der Waals surface area contributed by atoms with Gasteiger partial charge in [0.1, 0.15) is 0 Å². The van der Waals surface area contributed by atoms with Gasteiger partial charge in [0.05, 0.1) is 19.0 Å². The Labute approximate surface area is 137 Å². The van der Waals surface area contributed by atoms with Crippen LogP contribution in [0.15, 0.2) is 16.4 Å². The summed E-state index contributed by atoms with van der Waals surface area (Å²) in [5.41, 5.74) is 2.44. The van der Waals surface area contributed by atoms with Gasteiger partial charge in [-0.25, -0.2) is 4.52 Å². The molecule has 0 aliphatic heterocycles. The zero-order valence-corrected chi connectivity index (χ0v) is 14.4. The molecule has 1 atom stereocenters. The Hall–Kier alpha value is -2.29. The van der Waals surface area contributed by atoms with Gasteiger partial charge >= 0.3 is 0 Å². The maximum Gasteiger partial charge on any atom is 0.205 e. The number of methoxy groups -OCH3 is 1. The molecule has 0 radical (unpaired) electrons. The molecule has 0 fully saturated rings. The molecule has 0 aliphatic rings. The standard InChI is InChI=1S/C14H19N7OS/c1-5-8(3)11-12(13-18-16-10(6-2)21(13)20-11)17-19-14-9(22-4)7-15-23-14/h7-8,20H,5-6H2,1-4H3/t8-/m1/s1. The van der Waals surface area contributed by atoms with Crippen molar-refractivity contribution in [1.29, 1.82) is 0 Å². The Morgan fingerprint density at radius 2 is 2.17 bits per heavy atom. The highest BCUT2D eigenvalue weighted by Gasteiger charge is 2.20. The molecule has 0 saturated heterocycles. The smallest absolute Gasteiger partial charge is 0.205 e. The first-order valence-electron chi connectivity index (χ1n) is 7.55. The number of hydrogen-bond acceptors (Lipinski definition) is 7. The molecule has 122 valence electrons. The second-order valence-corrected chi connectivity index (χ2v) is 5.99. The molecule has 3 aromatic rings. The Bertz CT molecular complexity index is 832. The molecule has 23 heavy (non-hydrogen) atoms. The highest BCUT2D eigenvalue weighted by Crippen LogP contribution is 2.36. The molecule has 0 amide bonds. The molecule has 0 aliphatic carbocycles. The van der Waals surface area contributed by atoms with E-state index in [1.165, 1.54) is 11.5 Å². The van der Waals surface area contributed by atoms with Crippen molar-refractivity contribution < 1.29 is 4.74 Å². The van der Waals surface area contributed by atoms with Gasteiger partial charge in [-0.3, -0.25) is 5.10 Å². The molecular weight excluding hydrogens is 314 g/mol. The first kappa shape index (κ1) is 15.6. The third-order valence-corrected chi connectivity index (χ3v) is 4.50. The first-order chi connectivity index (χ1) is 11.2. The average Bonchev–Trinajstić information content (AvgIpc) is 3.26. The van der Waals surface area contributed by atoms with Gasteiger partial charge in [-0.05, 0) is 23.9 Å². The lowest BCUT2D eigenvalue weighted by Crippen LogP contribution is -1.97. The Morgan fingerprint density at radius 3 is 2.87 bits per heavy atom. The summed E-state index contributed by atoms with van der Waals surface area (Å²) in [4.78, 5) is 0. The lowest BCUT2D eigenvalue weighted by atomic mass is 10.0. The molecule has 0 aromatic carbocycles. The number of ether oxygens (including phenoxy) is 1. The van der Waals surface area contributed by atoms with E-state index in [0.717, 1.165) is 30.0 Å². The van der Waals surface area contributed by atoms with E-state index >= 15 is 0 Å². The van der Waals surface area contributed by atoms with Gasteiger partial charge < -0.3 is 4.74 Å². The summed E-state index contributed by atoms with van der Waals surface area (Å²) in [5.74, 6) is 1.81. The predicted molar refractivity (Wildman–Crippen MR) is 88.3 cm³/mol. The Morgan fingerprint density at radius 1 is 1.35 bits per heavy atom. The van der Waals surface area contributed by atoms with Gasteiger partial charge in [-0.1, -0.05) is 20.8 Å². The number of nitrogens with zero attached hydrogens (tertiary/aromatic N) is 6. The lowest BCUT2D eigenvalue weighted by Gasteiger charge is -2.05. The fourth-order valence-corrected chi connectivity index (χ4v) is 2.84. The average molecular weight is 333 g/mol. The summed E-state index contributed by atoms with van der Waals surface area (Å²) >= 11 is 1.24. The van der Waals surface area contributed by atoms with Crippen molar-refractivity contribution in [3.63, 3.8) is 0 Å². The molecule has 3 heterocycles. The molecule has 8 nitrogen and oxygen atoms in total. The number of aromatic amines is 1.